The van der Waals surface area contributed by atoms with E-state index in [2.05, 4.69) is 9.88 Å². The Morgan fingerprint density at radius 1 is 1.31 bits per heavy atom. The number of aromatic nitrogens is 1. The quantitative estimate of drug-likeness (QED) is 0.801. The minimum atomic E-state index is -0.371. The van der Waals surface area contributed by atoms with Gasteiger partial charge in [-0.3, -0.25) is 0 Å². The molecule has 2 rings (SSSR count). The lowest BCUT2D eigenvalue weighted by molar-refractivity contribution is 0.266. The summed E-state index contributed by atoms with van der Waals surface area (Å²) in [6.45, 7) is 2.09. The molecule has 2 heterocycles. The van der Waals surface area contributed by atoms with Gasteiger partial charge in [-0.1, -0.05) is 6.07 Å². The normalized spacial score (nSPS) is 18.5. The first-order chi connectivity index (χ1) is 7.81. The van der Waals surface area contributed by atoms with Crippen LogP contribution in [0, 0.1) is 0 Å². The molecule has 0 spiro atoms. The number of hydrogen-bond donors (Lipinski definition) is 2. The van der Waals surface area contributed by atoms with Crippen molar-refractivity contribution in [3.05, 3.63) is 23.9 Å². The lowest BCUT2D eigenvalue weighted by atomic mass is 10.1. The highest BCUT2D eigenvalue weighted by molar-refractivity contribution is 5.40. The highest BCUT2D eigenvalue weighted by Gasteiger charge is 2.13. The van der Waals surface area contributed by atoms with Crippen molar-refractivity contribution in [3.63, 3.8) is 0 Å². The van der Waals surface area contributed by atoms with Gasteiger partial charge < -0.3 is 15.7 Å². The number of anilines is 1. The molecule has 1 atom stereocenters. The van der Waals surface area contributed by atoms with Gasteiger partial charge in [0, 0.05) is 13.1 Å². The standard InChI is InChI=1S/C12H19N3O/c13-10(9-16)11-5-4-6-12(14-11)15-7-2-1-3-8-15/h4-6,10,16H,1-3,7-9,13H2. The lowest BCUT2D eigenvalue weighted by Crippen LogP contribution is -2.30. The average Bonchev–Trinajstić information content (AvgIpc) is 2.39. The van der Waals surface area contributed by atoms with Crippen LogP contribution in [0.25, 0.3) is 0 Å². The van der Waals surface area contributed by atoms with Crippen LogP contribution in [0.3, 0.4) is 0 Å². The zero-order valence-electron chi connectivity index (χ0n) is 9.47. The van der Waals surface area contributed by atoms with E-state index < -0.39 is 0 Å². The first kappa shape index (κ1) is 11.4. The van der Waals surface area contributed by atoms with Crippen LogP contribution in [0.4, 0.5) is 5.82 Å². The van der Waals surface area contributed by atoms with Crippen molar-refractivity contribution in [1.82, 2.24) is 4.98 Å². The predicted octanol–water partition coefficient (Wildman–Crippen LogP) is 1.06. The van der Waals surface area contributed by atoms with Crippen LogP contribution in [0.15, 0.2) is 18.2 Å². The minimum absolute atomic E-state index is 0.0591. The minimum Gasteiger partial charge on any atom is -0.394 e. The third kappa shape index (κ3) is 2.51. The second-order valence-corrected chi connectivity index (χ2v) is 4.26. The molecule has 0 aliphatic carbocycles. The molecule has 16 heavy (non-hydrogen) atoms. The molecule has 0 bridgehead atoms. The van der Waals surface area contributed by atoms with Crippen molar-refractivity contribution in [2.24, 2.45) is 5.73 Å². The van der Waals surface area contributed by atoms with Gasteiger partial charge in [0.25, 0.3) is 0 Å². The van der Waals surface area contributed by atoms with Gasteiger partial charge in [-0.2, -0.15) is 0 Å². The van der Waals surface area contributed by atoms with E-state index in [0.717, 1.165) is 24.6 Å². The van der Waals surface area contributed by atoms with Crippen LogP contribution in [0.2, 0.25) is 0 Å². The van der Waals surface area contributed by atoms with Gasteiger partial charge >= 0.3 is 0 Å². The Bertz CT molecular complexity index is 337. The Hall–Kier alpha value is -1.13. The SMILES string of the molecule is NC(CO)c1cccc(N2CCCCC2)n1. The maximum atomic E-state index is 9.01. The van der Waals surface area contributed by atoms with Crippen molar-refractivity contribution >= 4 is 5.82 Å². The third-order valence-electron chi connectivity index (χ3n) is 3.01. The molecule has 0 radical (unpaired) electrons. The fourth-order valence-corrected chi connectivity index (χ4v) is 2.04. The molecule has 1 fully saturated rings. The van der Waals surface area contributed by atoms with Crippen LogP contribution >= 0.6 is 0 Å². The fourth-order valence-electron chi connectivity index (χ4n) is 2.04. The molecule has 4 heteroatoms. The van der Waals surface area contributed by atoms with E-state index in [-0.39, 0.29) is 12.6 Å². The van der Waals surface area contributed by atoms with Gasteiger partial charge in [0.1, 0.15) is 5.82 Å². The maximum Gasteiger partial charge on any atom is 0.128 e. The predicted molar refractivity (Wildman–Crippen MR) is 64.3 cm³/mol. The van der Waals surface area contributed by atoms with Crippen LogP contribution in [0.5, 0.6) is 0 Å². The summed E-state index contributed by atoms with van der Waals surface area (Å²) >= 11 is 0. The van der Waals surface area contributed by atoms with Crippen molar-refractivity contribution in [2.45, 2.75) is 25.3 Å². The Labute approximate surface area is 96.1 Å². The number of rotatable bonds is 3. The van der Waals surface area contributed by atoms with E-state index in [1.165, 1.54) is 19.3 Å². The molecule has 88 valence electrons. The number of piperidine rings is 1. The first-order valence-electron chi connectivity index (χ1n) is 5.89. The molecule has 1 aromatic rings. The third-order valence-corrected chi connectivity index (χ3v) is 3.01. The monoisotopic (exact) mass is 221 g/mol. The summed E-state index contributed by atoms with van der Waals surface area (Å²) in [5.41, 5.74) is 6.53. The van der Waals surface area contributed by atoms with E-state index in [9.17, 15) is 0 Å². The molecule has 3 N–H and O–H groups in total. The molecule has 1 unspecified atom stereocenters. The van der Waals surface area contributed by atoms with Crippen molar-refractivity contribution in [1.29, 1.82) is 0 Å². The highest BCUT2D eigenvalue weighted by Crippen LogP contribution is 2.19. The smallest absolute Gasteiger partial charge is 0.128 e. The number of aliphatic hydroxyl groups excluding tert-OH is 1. The van der Waals surface area contributed by atoms with Gasteiger partial charge in [-0.25, -0.2) is 4.98 Å². The van der Waals surface area contributed by atoms with E-state index in [0.29, 0.717) is 0 Å². The molecular formula is C12H19N3O. The topological polar surface area (TPSA) is 62.4 Å². The highest BCUT2D eigenvalue weighted by atomic mass is 16.3. The number of pyridine rings is 1. The molecular weight excluding hydrogens is 202 g/mol. The molecule has 4 nitrogen and oxygen atoms in total. The molecule has 0 amide bonds. The van der Waals surface area contributed by atoms with Gasteiger partial charge in [-0.05, 0) is 31.4 Å². The molecule has 0 saturated carbocycles. The molecule has 1 aliphatic rings. The van der Waals surface area contributed by atoms with Crippen molar-refractivity contribution in [3.8, 4) is 0 Å². The summed E-state index contributed by atoms with van der Waals surface area (Å²) in [4.78, 5) is 6.80. The summed E-state index contributed by atoms with van der Waals surface area (Å²) in [5.74, 6) is 0.987. The Morgan fingerprint density at radius 2 is 2.06 bits per heavy atom. The van der Waals surface area contributed by atoms with Gasteiger partial charge in [0.2, 0.25) is 0 Å². The van der Waals surface area contributed by atoms with Crippen molar-refractivity contribution < 1.29 is 5.11 Å². The zero-order valence-corrected chi connectivity index (χ0v) is 9.47. The number of nitrogens with zero attached hydrogens (tertiary/aromatic N) is 2. The van der Waals surface area contributed by atoms with Crippen molar-refractivity contribution in [2.75, 3.05) is 24.6 Å². The van der Waals surface area contributed by atoms with E-state index in [1.807, 2.05) is 18.2 Å². The second-order valence-electron chi connectivity index (χ2n) is 4.26. The summed E-state index contributed by atoms with van der Waals surface area (Å²) in [5, 5.41) is 9.01. The van der Waals surface area contributed by atoms with Crippen LogP contribution in [-0.4, -0.2) is 29.8 Å². The number of hydrogen-bond acceptors (Lipinski definition) is 4. The Kier molecular flexibility index (Phi) is 3.74. The fraction of sp³-hybridized carbons (Fsp3) is 0.583. The van der Waals surface area contributed by atoms with Crippen LogP contribution in [-0.2, 0) is 0 Å². The van der Waals surface area contributed by atoms with E-state index in [1.54, 1.807) is 0 Å². The van der Waals surface area contributed by atoms with Gasteiger partial charge in [0.15, 0.2) is 0 Å². The van der Waals surface area contributed by atoms with E-state index in [4.69, 9.17) is 10.8 Å². The molecule has 0 aromatic carbocycles. The Balaban J connectivity index is 2.14. The molecule has 1 aliphatic heterocycles. The largest absolute Gasteiger partial charge is 0.394 e. The van der Waals surface area contributed by atoms with Crippen LogP contribution < -0.4 is 10.6 Å². The maximum absolute atomic E-state index is 9.01. The van der Waals surface area contributed by atoms with Crippen LogP contribution in [0.1, 0.15) is 31.0 Å². The second kappa shape index (κ2) is 5.27. The number of nitrogens with two attached hydrogens (primary N) is 1. The zero-order chi connectivity index (χ0) is 11.4. The Morgan fingerprint density at radius 3 is 2.75 bits per heavy atom. The molecule has 1 aromatic heterocycles. The van der Waals surface area contributed by atoms with Gasteiger partial charge in [-0.15, -0.1) is 0 Å². The summed E-state index contributed by atoms with van der Waals surface area (Å²) in [6.07, 6.45) is 3.78. The van der Waals surface area contributed by atoms with E-state index >= 15 is 0 Å². The number of aliphatic hydroxyl groups is 1. The lowest BCUT2D eigenvalue weighted by Gasteiger charge is -2.28. The first-order valence-corrected chi connectivity index (χ1v) is 5.89. The van der Waals surface area contributed by atoms with Gasteiger partial charge in [0.05, 0.1) is 18.3 Å². The average molecular weight is 221 g/mol. The molecule has 1 saturated heterocycles. The summed E-state index contributed by atoms with van der Waals surface area (Å²) < 4.78 is 0. The summed E-state index contributed by atoms with van der Waals surface area (Å²) in [7, 11) is 0. The summed E-state index contributed by atoms with van der Waals surface area (Å²) in [6, 6.07) is 5.47.